The van der Waals surface area contributed by atoms with Gasteiger partial charge in [0.15, 0.2) is 0 Å². The van der Waals surface area contributed by atoms with Gasteiger partial charge in [-0.05, 0) is 30.5 Å². The Kier molecular flexibility index (Phi) is 7.51. The van der Waals surface area contributed by atoms with Crippen LogP contribution in [0.4, 0.5) is 4.39 Å². The maximum atomic E-state index is 13.7. The predicted molar refractivity (Wildman–Crippen MR) is 87.7 cm³/mol. The van der Waals surface area contributed by atoms with Gasteiger partial charge < -0.3 is 10.2 Å². The highest BCUT2D eigenvalue weighted by molar-refractivity contribution is 9.10. The standard InChI is InChI=1S/C16H22BrFN2O2/c1-11(2)4-7-15(21)19-9-16(22)20(3)10-12-8-13(17)5-6-14(12)18/h5-6,8,11H,4,7,9-10H2,1-3H3,(H,19,21). The fourth-order valence-electron chi connectivity index (χ4n) is 1.83. The maximum absolute atomic E-state index is 13.7. The van der Waals surface area contributed by atoms with Crippen LogP contribution in [-0.2, 0) is 16.1 Å². The van der Waals surface area contributed by atoms with Gasteiger partial charge in [0.25, 0.3) is 0 Å². The lowest BCUT2D eigenvalue weighted by Gasteiger charge is -2.18. The molecule has 1 aromatic rings. The maximum Gasteiger partial charge on any atom is 0.242 e. The number of halogens is 2. The van der Waals surface area contributed by atoms with Gasteiger partial charge >= 0.3 is 0 Å². The average molecular weight is 373 g/mol. The molecular weight excluding hydrogens is 351 g/mol. The van der Waals surface area contributed by atoms with Crippen LogP contribution in [0.5, 0.6) is 0 Å². The number of likely N-dealkylation sites (N-methyl/N-ethyl adjacent to an activating group) is 1. The predicted octanol–water partition coefficient (Wildman–Crippen LogP) is 3.10. The molecule has 0 fully saturated rings. The highest BCUT2D eigenvalue weighted by atomic mass is 79.9. The first-order valence-corrected chi connectivity index (χ1v) is 8.03. The fourth-order valence-corrected chi connectivity index (χ4v) is 2.23. The molecule has 22 heavy (non-hydrogen) atoms. The zero-order chi connectivity index (χ0) is 16.7. The van der Waals surface area contributed by atoms with Crippen molar-refractivity contribution in [2.24, 2.45) is 5.92 Å². The van der Waals surface area contributed by atoms with E-state index in [-0.39, 0.29) is 30.7 Å². The van der Waals surface area contributed by atoms with E-state index in [1.165, 1.54) is 11.0 Å². The van der Waals surface area contributed by atoms with Gasteiger partial charge in [0.05, 0.1) is 6.54 Å². The van der Waals surface area contributed by atoms with Gasteiger partial charge in [0.1, 0.15) is 5.82 Å². The van der Waals surface area contributed by atoms with Crippen molar-refractivity contribution in [1.82, 2.24) is 10.2 Å². The van der Waals surface area contributed by atoms with Crippen molar-refractivity contribution < 1.29 is 14.0 Å². The first kappa shape index (κ1) is 18.6. The van der Waals surface area contributed by atoms with E-state index in [1.807, 2.05) is 13.8 Å². The molecule has 1 N–H and O–H groups in total. The van der Waals surface area contributed by atoms with Crippen LogP contribution in [0.25, 0.3) is 0 Å². The third kappa shape index (κ3) is 6.56. The fraction of sp³-hybridized carbons (Fsp3) is 0.500. The van der Waals surface area contributed by atoms with E-state index in [1.54, 1.807) is 19.2 Å². The second kappa shape index (κ2) is 8.88. The molecule has 0 aliphatic heterocycles. The van der Waals surface area contributed by atoms with E-state index < -0.39 is 0 Å². The minimum atomic E-state index is -0.358. The summed E-state index contributed by atoms with van der Waals surface area (Å²) in [5, 5.41) is 2.60. The van der Waals surface area contributed by atoms with Crippen molar-refractivity contribution in [3.05, 3.63) is 34.1 Å². The molecule has 0 bridgehead atoms. The van der Waals surface area contributed by atoms with Gasteiger partial charge in [0, 0.05) is 30.0 Å². The normalized spacial score (nSPS) is 10.6. The molecule has 0 radical (unpaired) electrons. The number of hydrogen-bond donors (Lipinski definition) is 1. The van der Waals surface area contributed by atoms with Crippen LogP contribution >= 0.6 is 15.9 Å². The smallest absolute Gasteiger partial charge is 0.242 e. The van der Waals surface area contributed by atoms with Gasteiger partial charge in [0.2, 0.25) is 11.8 Å². The number of benzene rings is 1. The van der Waals surface area contributed by atoms with Crippen LogP contribution in [0.3, 0.4) is 0 Å². The number of nitrogens with one attached hydrogen (secondary N) is 1. The summed E-state index contributed by atoms with van der Waals surface area (Å²) in [4.78, 5) is 24.9. The average Bonchev–Trinajstić information content (AvgIpc) is 2.46. The van der Waals surface area contributed by atoms with Gasteiger partial charge in [-0.15, -0.1) is 0 Å². The van der Waals surface area contributed by atoms with Crippen LogP contribution in [0.1, 0.15) is 32.3 Å². The van der Waals surface area contributed by atoms with Gasteiger partial charge in [-0.3, -0.25) is 9.59 Å². The summed E-state index contributed by atoms with van der Waals surface area (Å²) in [5.74, 6) is -0.297. The summed E-state index contributed by atoms with van der Waals surface area (Å²) < 4.78 is 14.4. The van der Waals surface area contributed by atoms with Gasteiger partial charge in [-0.1, -0.05) is 29.8 Å². The van der Waals surface area contributed by atoms with E-state index in [4.69, 9.17) is 0 Å². The lowest BCUT2D eigenvalue weighted by molar-refractivity contribution is -0.132. The van der Waals surface area contributed by atoms with Crippen molar-refractivity contribution >= 4 is 27.7 Å². The third-order valence-electron chi connectivity index (χ3n) is 3.23. The lowest BCUT2D eigenvalue weighted by atomic mass is 10.1. The minimum absolute atomic E-state index is 0.0664. The molecule has 0 saturated carbocycles. The zero-order valence-electron chi connectivity index (χ0n) is 13.2. The number of nitrogens with zero attached hydrogens (tertiary/aromatic N) is 1. The Labute approximate surface area is 139 Å². The van der Waals surface area contributed by atoms with E-state index in [2.05, 4.69) is 21.2 Å². The number of hydrogen-bond acceptors (Lipinski definition) is 2. The van der Waals surface area contributed by atoms with Crippen LogP contribution in [-0.4, -0.2) is 30.3 Å². The number of carbonyl (C=O) groups excluding carboxylic acids is 2. The molecule has 0 aliphatic carbocycles. The molecule has 122 valence electrons. The lowest BCUT2D eigenvalue weighted by Crippen LogP contribution is -2.38. The van der Waals surface area contributed by atoms with E-state index in [0.717, 1.165) is 10.9 Å². The van der Waals surface area contributed by atoms with Crippen molar-refractivity contribution in [3.8, 4) is 0 Å². The summed E-state index contributed by atoms with van der Waals surface area (Å²) >= 11 is 3.27. The molecule has 6 heteroatoms. The molecular formula is C16H22BrFN2O2. The Hall–Kier alpha value is -1.43. The zero-order valence-corrected chi connectivity index (χ0v) is 14.7. The van der Waals surface area contributed by atoms with Crippen LogP contribution in [0, 0.1) is 11.7 Å². The molecule has 0 aromatic heterocycles. The van der Waals surface area contributed by atoms with Crippen molar-refractivity contribution in [1.29, 1.82) is 0 Å². The number of amides is 2. The Morgan fingerprint density at radius 2 is 2.05 bits per heavy atom. The van der Waals surface area contributed by atoms with E-state index >= 15 is 0 Å². The molecule has 0 heterocycles. The van der Waals surface area contributed by atoms with E-state index in [9.17, 15) is 14.0 Å². The van der Waals surface area contributed by atoms with Crippen LogP contribution in [0.15, 0.2) is 22.7 Å². The molecule has 0 aliphatic rings. The number of rotatable bonds is 7. The molecule has 0 saturated heterocycles. The highest BCUT2D eigenvalue weighted by Crippen LogP contribution is 2.16. The molecule has 4 nitrogen and oxygen atoms in total. The summed E-state index contributed by atoms with van der Waals surface area (Å²) in [6.07, 6.45) is 1.20. The highest BCUT2D eigenvalue weighted by Gasteiger charge is 2.13. The second-order valence-corrected chi connectivity index (χ2v) is 6.61. The molecule has 0 atom stereocenters. The first-order valence-electron chi connectivity index (χ1n) is 7.24. The molecule has 1 rings (SSSR count). The Bertz CT molecular complexity index is 535. The SMILES string of the molecule is CC(C)CCC(=O)NCC(=O)N(C)Cc1cc(Br)ccc1F. The Balaban J connectivity index is 2.45. The largest absolute Gasteiger partial charge is 0.347 e. The topological polar surface area (TPSA) is 49.4 Å². The van der Waals surface area contributed by atoms with Gasteiger partial charge in [-0.2, -0.15) is 0 Å². The second-order valence-electron chi connectivity index (χ2n) is 5.69. The molecule has 1 aromatic carbocycles. The van der Waals surface area contributed by atoms with Crippen LogP contribution < -0.4 is 5.32 Å². The Morgan fingerprint density at radius 3 is 2.68 bits per heavy atom. The van der Waals surface area contributed by atoms with E-state index in [0.29, 0.717) is 17.9 Å². The molecule has 0 unspecified atom stereocenters. The quantitative estimate of drug-likeness (QED) is 0.799. The summed E-state index contributed by atoms with van der Waals surface area (Å²) in [6.45, 7) is 4.17. The van der Waals surface area contributed by atoms with Crippen molar-refractivity contribution in [2.45, 2.75) is 33.2 Å². The number of carbonyl (C=O) groups is 2. The molecule has 0 spiro atoms. The summed E-state index contributed by atoms with van der Waals surface area (Å²) in [5.41, 5.74) is 0.427. The van der Waals surface area contributed by atoms with Crippen LogP contribution in [0.2, 0.25) is 0 Å². The summed E-state index contributed by atoms with van der Waals surface area (Å²) in [6, 6.07) is 4.60. The third-order valence-corrected chi connectivity index (χ3v) is 3.72. The monoisotopic (exact) mass is 372 g/mol. The first-order chi connectivity index (χ1) is 10.3. The molecule has 2 amide bonds. The minimum Gasteiger partial charge on any atom is -0.347 e. The summed E-state index contributed by atoms with van der Waals surface area (Å²) in [7, 11) is 1.59. The van der Waals surface area contributed by atoms with Crippen molar-refractivity contribution in [2.75, 3.05) is 13.6 Å². The Morgan fingerprint density at radius 1 is 1.36 bits per heavy atom. The van der Waals surface area contributed by atoms with Gasteiger partial charge in [-0.25, -0.2) is 4.39 Å². The van der Waals surface area contributed by atoms with Crippen molar-refractivity contribution in [3.63, 3.8) is 0 Å².